The van der Waals surface area contributed by atoms with Crippen LogP contribution >= 0.6 is 0 Å². The Labute approximate surface area is 204 Å². The highest BCUT2D eigenvalue weighted by molar-refractivity contribution is 6.02. The first-order chi connectivity index (χ1) is 16.2. The fourth-order valence-electron chi connectivity index (χ4n) is 3.44. The molecule has 0 radical (unpaired) electrons. The first kappa shape index (κ1) is 26.8. The third-order valence-electron chi connectivity index (χ3n) is 5.75. The van der Waals surface area contributed by atoms with Gasteiger partial charge in [-0.1, -0.05) is 26.4 Å². The highest BCUT2D eigenvalue weighted by Gasteiger charge is 2.45. The summed E-state index contributed by atoms with van der Waals surface area (Å²) < 4.78 is 48.4. The van der Waals surface area contributed by atoms with Gasteiger partial charge in [0.2, 0.25) is 11.8 Å². The van der Waals surface area contributed by atoms with Gasteiger partial charge in [-0.2, -0.15) is 0 Å². The van der Waals surface area contributed by atoms with Gasteiger partial charge in [0.1, 0.15) is 11.4 Å². The van der Waals surface area contributed by atoms with E-state index in [0.29, 0.717) is 43.7 Å². The van der Waals surface area contributed by atoms with Crippen molar-refractivity contribution in [3.8, 4) is 5.88 Å². The summed E-state index contributed by atoms with van der Waals surface area (Å²) >= 11 is 0. The van der Waals surface area contributed by atoms with Gasteiger partial charge in [0.05, 0.1) is 45.2 Å². The van der Waals surface area contributed by atoms with Gasteiger partial charge in [0, 0.05) is 18.6 Å². The van der Waals surface area contributed by atoms with E-state index in [9.17, 15) is 13.6 Å². The Bertz CT molecular complexity index is 1000. The fraction of sp³-hybridized carbons (Fsp3) is 0.625. The quantitative estimate of drug-likeness (QED) is 0.438. The molecule has 0 bridgehead atoms. The highest BCUT2D eigenvalue weighted by atomic mass is 19.3. The second-order valence-electron chi connectivity index (χ2n) is 9.45. The van der Waals surface area contributed by atoms with E-state index in [-0.39, 0.29) is 24.9 Å². The molecular weight excluding hydrogens is 462 g/mol. The Hall–Kier alpha value is -2.79. The van der Waals surface area contributed by atoms with Crippen LogP contribution in [0.4, 0.5) is 20.4 Å². The summed E-state index contributed by atoms with van der Waals surface area (Å²) in [4.78, 5) is 18.6. The van der Waals surface area contributed by atoms with Gasteiger partial charge in [-0.15, -0.1) is 0 Å². The lowest BCUT2D eigenvalue weighted by atomic mass is 9.90. The van der Waals surface area contributed by atoms with Crippen LogP contribution in [0.2, 0.25) is 0 Å². The van der Waals surface area contributed by atoms with Crippen LogP contribution in [0.5, 0.6) is 5.88 Å². The van der Waals surface area contributed by atoms with E-state index < -0.39 is 30.3 Å². The molecule has 0 aromatic carbocycles. The van der Waals surface area contributed by atoms with Gasteiger partial charge >= 0.3 is 0 Å². The molecule has 1 aliphatic heterocycles. The molecule has 1 aliphatic carbocycles. The number of rotatable bonds is 12. The van der Waals surface area contributed by atoms with Crippen molar-refractivity contribution < 1.29 is 32.3 Å². The number of pyridine rings is 1. The summed E-state index contributed by atoms with van der Waals surface area (Å²) in [6.45, 7) is 4.91. The van der Waals surface area contributed by atoms with Crippen molar-refractivity contribution in [3.05, 3.63) is 29.6 Å². The maximum Gasteiger partial charge on any atom is 0.282 e. The minimum Gasteiger partial charge on any atom is -0.476 e. The molecular formula is C24H34F2N4O5. The van der Waals surface area contributed by atoms with E-state index in [0.717, 1.165) is 12.8 Å². The highest BCUT2D eigenvalue weighted by Crippen LogP contribution is 2.38. The Morgan fingerprint density at radius 2 is 2.03 bits per heavy atom. The number of amides is 1. The molecule has 194 valence electrons. The average Bonchev–Trinajstić information content (AvgIpc) is 3.49. The fourth-order valence-corrected chi connectivity index (χ4v) is 3.44. The summed E-state index contributed by atoms with van der Waals surface area (Å²) in [6, 6.07) is 4.71. The predicted molar refractivity (Wildman–Crippen MR) is 127 cm³/mol. The number of aromatic nitrogens is 2. The first-order valence-corrected chi connectivity index (χ1v) is 11.3. The van der Waals surface area contributed by atoms with Crippen LogP contribution in [0.15, 0.2) is 22.7 Å². The second-order valence-corrected chi connectivity index (χ2v) is 9.45. The standard InChI is InChI=1S/C23H30F2N4O5.CH4/c1-22(2,14-32-9-8-31-3)18-10-19(34-28-18)27-20(30)16-6-7-17(29-12-23(24,25)13-29)21(26-16)33-11-15-4-5-15;/h6-7,10,15H,4-5,8-9,11-14H2,1-3H3,(H,27,30);1H4. The van der Waals surface area contributed by atoms with Gasteiger partial charge in [0.15, 0.2) is 0 Å². The van der Waals surface area contributed by atoms with Crippen molar-refractivity contribution in [1.82, 2.24) is 10.1 Å². The number of ether oxygens (including phenoxy) is 3. The zero-order valence-corrected chi connectivity index (χ0v) is 19.6. The lowest BCUT2D eigenvalue weighted by Gasteiger charge is -2.40. The number of carbonyl (C=O) groups excluding carboxylic acids is 1. The van der Waals surface area contributed by atoms with Crippen molar-refractivity contribution in [1.29, 1.82) is 0 Å². The Kier molecular flexibility index (Phi) is 8.32. The molecule has 1 amide bonds. The molecule has 0 spiro atoms. The summed E-state index contributed by atoms with van der Waals surface area (Å²) in [5.41, 5.74) is 0.723. The van der Waals surface area contributed by atoms with Crippen molar-refractivity contribution >= 4 is 17.5 Å². The number of carbonyl (C=O) groups is 1. The number of anilines is 2. The van der Waals surface area contributed by atoms with E-state index in [2.05, 4.69) is 15.5 Å². The average molecular weight is 497 g/mol. The molecule has 0 unspecified atom stereocenters. The zero-order valence-electron chi connectivity index (χ0n) is 19.6. The summed E-state index contributed by atoms with van der Waals surface area (Å²) in [7, 11) is 1.61. The normalized spacial score (nSPS) is 16.9. The molecule has 3 heterocycles. The molecule has 9 nitrogen and oxygen atoms in total. The largest absolute Gasteiger partial charge is 0.476 e. The van der Waals surface area contributed by atoms with Crippen molar-refractivity contribution in [2.24, 2.45) is 5.92 Å². The molecule has 2 fully saturated rings. The summed E-state index contributed by atoms with van der Waals surface area (Å²) in [5.74, 6) is -2.45. The molecule has 2 aliphatic rings. The van der Waals surface area contributed by atoms with E-state index in [1.54, 1.807) is 19.2 Å². The van der Waals surface area contributed by atoms with Gasteiger partial charge in [-0.3, -0.25) is 10.1 Å². The number of halogens is 2. The third kappa shape index (κ3) is 6.88. The topological polar surface area (TPSA) is 99.0 Å². The van der Waals surface area contributed by atoms with Crippen LogP contribution in [-0.4, -0.2) is 68.6 Å². The van der Waals surface area contributed by atoms with E-state index in [1.165, 1.54) is 11.0 Å². The lowest BCUT2D eigenvalue weighted by Crippen LogP contribution is -2.56. The van der Waals surface area contributed by atoms with Gasteiger partial charge in [0.25, 0.3) is 11.8 Å². The zero-order chi connectivity index (χ0) is 24.3. The number of hydrogen-bond acceptors (Lipinski definition) is 8. The number of hydrogen-bond donors (Lipinski definition) is 1. The number of nitrogens with zero attached hydrogens (tertiary/aromatic N) is 3. The third-order valence-corrected chi connectivity index (χ3v) is 5.75. The monoisotopic (exact) mass is 496 g/mol. The molecule has 1 saturated carbocycles. The van der Waals surface area contributed by atoms with Crippen LogP contribution in [0.25, 0.3) is 0 Å². The van der Waals surface area contributed by atoms with Gasteiger partial charge < -0.3 is 23.6 Å². The van der Waals surface area contributed by atoms with Crippen LogP contribution in [0.3, 0.4) is 0 Å². The molecule has 0 atom stereocenters. The number of alkyl halides is 2. The van der Waals surface area contributed by atoms with Crippen LogP contribution < -0.4 is 15.0 Å². The maximum atomic E-state index is 13.4. The summed E-state index contributed by atoms with van der Waals surface area (Å²) in [6.07, 6.45) is 2.14. The van der Waals surface area contributed by atoms with E-state index >= 15 is 0 Å². The van der Waals surface area contributed by atoms with Crippen molar-refractivity contribution in [2.75, 3.05) is 56.8 Å². The molecule has 4 rings (SSSR count). The van der Waals surface area contributed by atoms with Crippen LogP contribution in [0, 0.1) is 5.92 Å². The van der Waals surface area contributed by atoms with Gasteiger partial charge in [-0.25, -0.2) is 13.8 Å². The Balaban J connectivity index is 0.00000342. The van der Waals surface area contributed by atoms with Crippen molar-refractivity contribution in [3.63, 3.8) is 0 Å². The minimum absolute atomic E-state index is 0. The van der Waals surface area contributed by atoms with E-state index in [1.807, 2.05) is 13.8 Å². The molecule has 2 aromatic heterocycles. The molecule has 1 N–H and O–H groups in total. The summed E-state index contributed by atoms with van der Waals surface area (Å²) in [5, 5.41) is 6.69. The minimum atomic E-state index is -2.73. The van der Waals surface area contributed by atoms with Crippen molar-refractivity contribution in [2.45, 2.75) is 45.5 Å². The predicted octanol–water partition coefficient (Wildman–Crippen LogP) is 4.14. The molecule has 11 heteroatoms. The molecule has 2 aromatic rings. The maximum absolute atomic E-state index is 13.4. The van der Waals surface area contributed by atoms with Crippen LogP contribution in [0.1, 0.15) is 50.3 Å². The molecule has 35 heavy (non-hydrogen) atoms. The van der Waals surface area contributed by atoms with E-state index in [4.69, 9.17) is 18.7 Å². The van der Waals surface area contributed by atoms with Gasteiger partial charge in [-0.05, 0) is 30.9 Å². The number of methoxy groups -OCH3 is 1. The number of nitrogens with one attached hydrogen (secondary N) is 1. The SMILES string of the molecule is C.COCCOCC(C)(C)c1cc(NC(=O)c2ccc(N3CC(F)(F)C3)c(OCC3CC3)n2)on1. The second kappa shape index (κ2) is 10.9. The smallest absolute Gasteiger partial charge is 0.282 e. The Morgan fingerprint density at radius 3 is 2.69 bits per heavy atom. The van der Waals surface area contributed by atoms with Crippen LogP contribution in [-0.2, 0) is 14.9 Å². The Morgan fingerprint density at radius 1 is 1.29 bits per heavy atom. The molecule has 1 saturated heterocycles. The lowest BCUT2D eigenvalue weighted by molar-refractivity contribution is -0.0265. The first-order valence-electron chi connectivity index (χ1n) is 11.3.